The zero-order valence-electron chi connectivity index (χ0n) is 11.5. The van der Waals surface area contributed by atoms with E-state index in [-0.39, 0.29) is 6.61 Å². The number of carbonyl (C=O) groups excluding carboxylic acids is 1. The van der Waals surface area contributed by atoms with Gasteiger partial charge in [-0.1, -0.05) is 12.1 Å². The van der Waals surface area contributed by atoms with Crippen LogP contribution in [0.3, 0.4) is 0 Å². The van der Waals surface area contributed by atoms with Gasteiger partial charge in [-0.15, -0.1) is 0 Å². The second-order valence-corrected chi connectivity index (χ2v) is 4.13. The Kier molecular flexibility index (Phi) is 6.92. The van der Waals surface area contributed by atoms with Gasteiger partial charge in [-0.05, 0) is 25.0 Å². The van der Waals surface area contributed by atoms with Gasteiger partial charge in [0.2, 0.25) is 0 Å². The standard InChI is InChI=1S/C14H21NO4/c1-11-5-3-6-12(13(11)15)14(16)19-10-9-18-8-4-7-17-2/h3,5-6H,4,7-10,15H2,1-2H3. The quantitative estimate of drug-likeness (QED) is 0.441. The molecule has 5 nitrogen and oxygen atoms in total. The molecule has 0 aliphatic rings. The summed E-state index contributed by atoms with van der Waals surface area (Å²) in [7, 11) is 1.65. The molecule has 0 saturated carbocycles. The highest BCUT2D eigenvalue weighted by molar-refractivity contribution is 5.95. The number of carbonyl (C=O) groups is 1. The smallest absolute Gasteiger partial charge is 0.340 e. The van der Waals surface area contributed by atoms with Crippen LogP contribution in [-0.4, -0.2) is 39.5 Å². The molecule has 0 fully saturated rings. The number of ether oxygens (including phenoxy) is 3. The van der Waals surface area contributed by atoms with Gasteiger partial charge in [-0.2, -0.15) is 0 Å². The molecular formula is C14H21NO4. The first-order chi connectivity index (χ1) is 9.16. The van der Waals surface area contributed by atoms with Gasteiger partial charge >= 0.3 is 5.97 Å². The number of hydrogen-bond donors (Lipinski definition) is 1. The molecule has 0 bridgehead atoms. The number of hydrogen-bond acceptors (Lipinski definition) is 5. The van der Waals surface area contributed by atoms with Crippen molar-refractivity contribution in [2.45, 2.75) is 13.3 Å². The summed E-state index contributed by atoms with van der Waals surface area (Å²) in [5, 5.41) is 0. The Morgan fingerprint density at radius 1 is 1.21 bits per heavy atom. The lowest BCUT2D eigenvalue weighted by molar-refractivity contribution is 0.0289. The summed E-state index contributed by atoms with van der Waals surface area (Å²) < 4.78 is 15.3. The fraction of sp³-hybridized carbons (Fsp3) is 0.500. The summed E-state index contributed by atoms with van der Waals surface area (Å²) in [5.41, 5.74) is 7.56. The van der Waals surface area contributed by atoms with Crippen LogP contribution in [0, 0.1) is 6.92 Å². The lowest BCUT2D eigenvalue weighted by Gasteiger charge is -2.09. The average molecular weight is 267 g/mol. The minimum Gasteiger partial charge on any atom is -0.460 e. The van der Waals surface area contributed by atoms with Crippen LogP contribution in [0.25, 0.3) is 0 Å². The third-order valence-corrected chi connectivity index (χ3v) is 2.64. The largest absolute Gasteiger partial charge is 0.460 e. The highest BCUT2D eigenvalue weighted by Crippen LogP contribution is 2.17. The van der Waals surface area contributed by atoms with Crippen molar-refractivity contribution in [3.05, 3.63) is 29.3 Å². The summed E-state index contributed by atoms with van der Waals surface area (Å²) in [6, 6.07) is 5.29. The molecule has 19 heavy (non-hydrogen) atoms. The Morgan fingerprint density at radius 3 is 2.74 bits per heavy atom. The fourth-order valence-corrected chi connectivity index (χ4v) is 1.54. The molecule has 2 N–H and O–H groups in total. The van der Waals surface area contributed by atoms with E-state index in [0.717, 1.165) is 12.0 Å². The Balaban J connectivity index is 2.26. The number of anilines is 1. The Bertz CT molecular complexity index is 406. The van der Waals surface area contributed by atoms with E-state index in [1.807, 2.05) is 13.0 Å². The molecule has 5 heteroatoms. The minimum absolute atomic E-state index is 0.221. The monoisotopic (exact) mass is 267 g/mol. The molecule has 1 aromatic carbocycles. The topological polar surface area (TPSA) is 70.8 Å². The van der Waals surface area contributed by atoms with E-state index in [1.165, 1.54) is 0 Å². The predicted octanol–water partition coefficient (Wildman–Crippen LogP) is 1.79. The molecule has 0 spiro atoms. The maximum Gasteiger partial charge on any atom is 0.340 e. The molecule has 1 rings (SSSR count). The Hall–Kier alpha value is -1.59. The summed E-state index contributed by atoms with van der Waals surface area (Å²) in [6.07, 6.45) is 0.829. The van der Waals surface area contributed by atoms with Crippen molar-refractivity contribution in [1.29, 1.82) is 0 Å². The minimum atomic E-state index is -0.415. The third-order valence-electron chi connectivity index (χ3n) is 2.64. The van der Waals surface area contributed by atoms with Gasteiger partial charge in [-0.3, -0.25) is 0 Å². The van der Waals surface area contributed by atoms with Crippen molar-refractivity contribution in [2.24, 2.45) is 0 Å². The molecule has 0 amide bonds. The summed E-state index contributed by atoms with van der Waals surface area (Å²) in [5.74, 6) is -0.415. The van der Waals surface area contributed by atoms with Gasteiger partial charge in [0.05, 0.1) is 12.2 Å². The van der Waals surface area contributed by atoms with Crippen LogP contribution >= 0.6 is 0 Å². The normalized spacial score (nSPS) is 10.4. The Labute approximate surface area is 113 Å². The van der Waals surface area contributed by atoms with Crippen molar-refractivity contribution in [3.8, 4) is 0 Å². The second kappa shape index (κ2) is 8.50. The van der Waals surface area contributed by atoms with E-state index in [0.29, 0.717) is 31.1 Å². The molecule has 106 valence electrons. The van der Waals surface area contributed by atoms with Crippen LogP contribution in [0.4, 0.5) is 5.69 Å². The molecule has 0 heterocycles. The molecule has 0 aromatic heterocycles. The fourth-order valence-electron chi connectivity index (χ4n) is 1.54. The zero-order valence-corrected chi connectivity index (χ0v) is 11.5. The predicted molar refractivity (Wildman–Crippen MR) is 73.2 cm³/mol. The number of methoxy groups -OCH3 is 1. The van der Waals surface area contributed by atoms with Gasteiger partial charge < -0.3 is 19.9 Å². The molecular weight excluding hydrogens is 246 g/mol. The lowest BCUT2D eigenvalue weighted by Crippen LogP contribution is -2.13. The van der Waals surface area contributed by atoms with E-state index < -0.39 is 5.97 Å². The highest BCUT2D eigenvalue weighted by atomic mass is 16.6. The Morgan fingerprint density at radius 2 is 2.00 bits per heavy atom. The van der Waals surface area contributed by atoms with Crippen LogP contribution in [0.15, 0.2) is 18.2 Å². The van der Waals surface area contributed by atoms with Crippen molar-refractivity contribution in [3.63, 3.8) is 0 Å². The maximum atomic E-state index is 11.8. The van der Waals surface area contributed by atoms with Gasteiger partial charge in [0.15, 0.2) is 0 Å². The molecule has 0 aliphatic heterocycles. The summed E-state index contributed by atoms with van der Waals surface area (Å²) in [6.45, 7) is 3.71. The van der Waals surface area contributed by atoms with Gasteiger partial charge in [-0.25, -0.2) is 4.79 Å². The number of rotatable bonds is 8. The van der Waals surface area contributed by atoms with Crippen LogP contribution in [0.2, 0.25) is 0 Å². The van der Waals surface area contributed by atoms with Crippen molar-refractivity contribution >= 4 is 11.7 Å². The first-order valence-electron chi connectivity index (χ1n) is 6.25. The third kappa shape index (κ3) is 5.28. The number of nitrogen functional groups attached to an aromatic ring is 1. The molecule has 1 aromatic rings. The van der Waals surface area contributed by atoms with E-state index in [9.17, 15) is 4.79 Å². The van der Waals surface area contributed by atoms with Crippen molar-refractivity contribution in [1.82, 2.24) is 0 Å². The number of para-hydroxylation sites is 1. The highest BCUT2D eigenvalue weighted by Gasteiger charge is 2.11. The first-order valence-corrected chi connectivity index (χ1v) is 6.25. The maximum absolute atomic E-state index is 11.8. The number of nitrogens with two attached hydrogens (primary N) is 1. The molecule has 0 radical (unpaired) electrons. The van der Waals surface area contributed by atoms with Gasteiger partial charge in [0, 0.05) is 26.0 Å². The number of benzene rings is 1. The van der Waals surface area contributed by atoms with E-state index >= 15 is 0 Å². The van der Waals surface area contributed by atoms with Gasteiger partial charge in [0.25, 0.3) is 0 Å². The van der Waals surface area contributed by atoms with E-state index in [1.54, 1.807) is 19.2 Å². The van der Waals surface area contributed by atoms with E-state index in [2.05, 4.69) is 0 Å². The van der Waals surface area contributed by atoms with Crippen LogP contribution < -0.4 is 5.73 Å². The second-order valence-electron chi connectivity index (χ2n) is 4.13. The van der Waals surface area contributed by atoms with Gasteiger partial charge in [0.1, 0.15) is 6.61 Å². The molecule has 0 aliphatic carbocycles. The molecule has 0 saturated heterocycles. The SMILES string of the molecule is COCCCOCCOC(=O)c1cccc(C)c1N. The van der Waals surface area contributed by atoms with Crippen LogP contribution in [-0.2, 0) is 14.2 Å². The van der Waals surface area contributed by atoms with Crippen molar-refractivity contribution in [2.75, 3.05) is 39.3 Å². The van der Waals surface area contributed by atoms with E-state index in [4.69, 9.17) is 19.9 Å². The van der Waals surface area contributed by atoms with Crippen LogP contribution in [0.1, 0.15) is 22.3 Å². The zero-order chi connectivity index (χ0) is 14.1. The lowest BCUT2D eigenvalue weighted by atomic mass is 10.1. The number of aryl methyl sites for hydroxylation is 1. The van der Waals surface area contributed by atoms with Crippen LogP contribution in [0.5, 0.6) is 0 Å². The first kappa shape index (κ1) is 15.5. The molecule has 0 atom stereocenters. The number of esters is 1. The average Bonchev–Trinajstić information content (AvgIpc) is 2.40. The summed E-state index contributed by atoms with van der Waals surface area (Å²) in [4.78, 5) is 11.8. The molecule has 0 unspecified atom stereocenters. The van der Waals surface area contributed by atoms with Crippen molar-refractivity contribution < 1.29 is 19.0 Å². The summed E-state index contributed by atoms with van der Waals surface area (Å²) >= 11 is 0.